The van der Waals surface area contributed by atoms with E-state index in [1.807, 2.05) is 4.72 Å². The van der Waals surface area contributed by atoms with E-state index in [9.17, 15) is 13.2 Å². The lowest BCUT2D eigenvalue weighted by molar-refractivity contribution is -0.139. The Kier molecular flexibility index (Phi) is 4.93. The first-order valence-corrected chi connectivity index (χ1v) is 7.56. The van der Waals surface area contributed by atoms with E-state index in [2.05, 4.69) is 15.9 Å². The largest absolute Gasteiger partial charge is 0.480 e. The van der Waals surface area contributed by atoms with Crippen LogP contribution in [0.25, 0.3) is 0 Å². The van der Waals surface area contributed by atoms with Gasteiger partial charge in [-0.15, -0.1) is 11.3 Å². The molecule has 0 amide bonds. The smallest absolute Gasteiger partial charge is 0.324 e. The molecule has 0 aliphatic heterocycles. The third-order valence-corrected chi connectivity index (χ3v) is 6.09. The predicted octanol–water partition coefficient (Wildman–Crippen LogP) is 0.888. The number of carbonyl (C=O) groups is 1. The minimum Gasteiger partial charge on any atom is -0.480 e. The molecule has 0 spiro atoms. The molecule has 0 aromatic carbocycles. The Labute approximate surface area is 114 Å². The van der Waals surface area contributed by atoms with E-state index in [0.717, 1.165) is 11.3 Å². The van der Waals surface area contributed by atoms with Gasteiger partial charge in [0.2, 0.25) is 0 Å². The fourth-order valence-corrected chi connectivity index (χ4v) is 4.47. The van der Waals surface area contributed by atoms with Crippen molar-refractivity contribution in [3.8, 4) is 0 Å². The number of sulfonamides is 1. The zero-order valence-electron chi connectivity index (χ0n) is 8.05. The maximum Gasteiger partial charge on any atom is 0.324 e. The Morgan fingerprint density at radius 1 is 1.65 bits per heavy atom. The number of halogens is 2. The van der Waals surface area contributed by atoms with Crippen molar-refractivity contribution in [1.29, 1.82) is 0 Å². The number of aliphatic hydroxyl groups is 1. The zero-order valence-corrected chi connectivity index (χ0v) is 12.0. The second-order valence-corrected chi connectivity index (χ2v) is 7.60. The molecule has 1 heterocycles. The molecule has 0 aliphatic rings. The van der Waals surface area contributed by atoms with E-state index in [4.69, 9.17) is 21.8 Å². The molecule has 1 aromatic heterocycles. The van der Waals surface area contributed by atoms with Crippen LogP contribution in [0.15, 0.2) is 14.1 Å². The number of hydrogen-bond acceptors (Lipinski definition) is 5. The Morgan fingerprint density at radius 2 is 2.24 bits per heavy atom. The molecule has 1 atom stereocenters. The first kappa shape index (κ1) is 14.9. The van der Waals surface area contributed by atoms with Crippen LogP contribution in [0.2, 0.25) is 5.02 Å². The Balaban J connectivity index is 3.00. The number of carboxylic acids is 1. The highest BCUT2D eigenvalue weighted by molar-refractivity contribution is 9.11. The molecule has 3 N–H and O–H groups in total. The molecule has 17 heavy (non-hydrogen) atoms. The lowest BCUT2D eigenvalue weighted by Gasteiger charge is -2.10. The van der Waals surface area contributed by atoms with E-state index in [1.54, 1.807) is 0 Å². The van der Waals surface area contributed by atoms with Gasteiger partial charge in [-0.3, -0.25) is 4.79 Å². The number of rotatable bonds is 5. The quantitative estimate of drug-likeness (QED) is 0.720. The summed E-state index contributed by atoms with van der Waals surface area (Å²) < 4.78 is 25.6. The standard InChI is InChI=1S/C7H7BrClNO5S2/c8-6-3(9)1-5(16-6)17(14,15)10-4(2-11)7(12)13/h1,4,10-11H,2H2,(H,12,13)/t4-/m1/s1. The normalized spacial score (nSPS) is 13.6. The third kappa shape index (κ3) is 3.63. The van der Waals surface area contributed by atoms with E-state index in [0.29, 0.717) is 3.79 Å². The molecular formula is C7H7BrClNO5S2. The number of aliphatic carboxylic acids is 1. The van der Waals surface area contributed by atoms with Gasteiger partial charge in [0.15, 0.2) is 0 Å². The van der Waals surface area contributed by atoms with E-state index < -0.39 is 28.6 Å². The van der Waals surface area contributed by atoms with Crippen LogP contribution >= 0.6 is 38.9 Å². The fraction of sp³-hybridized carbons (Fsp3) is 0.286. The highest BCUT2D eigenvalue weighted by Crippen LogP contribution is 2.34. The number of aliphatic hydroxyl groups excluding tert-OH is 1. The average molecular weight is 365 g/mol. The van der Waals surface area contributed by atoms with Crippen LogP contribution in [-0.4, -0.2) is 37.2 Å². The van der Waals surface area contributed by atoms with Crippen molar-refractivity contribution in [1.82, 2.24) is 4.72 Å². The average Bonchev–Trinajstić information content (AvgIpc) is 2.56. The van der Waals surface area contributed by atoms with Gasteiger partial charge in [-0.25, -0.2) is 8.42 Å². The minimum absolute atomic E-state index is 0.130. The lowest BCUT2D eigenvalue weighted by atomic mass is 10.3. The number of thiophene rings is 1. The predicted molar refractivity (Wildman–Crippen MR) is 65.9 cm³/mol. The van der Waals surface area contributed by atoms with Crippen LogP contribution < -0.4 is 4.72 Å². The topological polar surface area (TPSA) is 104 Å². The van der Waals surface area contributed by atoms with Gasteiger partial charge in [-0.05, 0) is 22.0 Å². The zero-order chi connectivity index (χ0) is 13.2. The molecule has 0 radical (unpaired) electrons. The Bertz CT molecular complexity index is 509. The summed E-state index contributed by atoms with van der Waals surface area (Å²) in [4.78, 5) is 10.6. The third-order valence-electron chi connectivity index (χ3n) is 1.67. The Morgan fingerprint density at radius 3 is 2.59 bits per heavy atom. The van der Waals surface area contributed by atoms with Crippen LogP contribution in [0.3, 0.4) is 0 Å². The number of nitrogens with one attached hydrogen (secondary N) is 1. The summed E-state index contributed by atoms with van der Waals surface area (Å²) in [5.41, 5.74) is 0. The monoisotopic (exact) mass is 363 g/mol. The highest BCUT2D eigenvalue weighted by Gasteiger charge is 2.26. The van der Waals surface area contributed by atoms with Gasteiger partial charge in [0.05, 0.1) is 15.4 Å². The van der Waals surface area contributed by atoms with E-state index in [-0.39, 0.29) is 9.23 Å². The summed E-state index contributed by atoms with van der Waals surface area (Å²) in [6, 6.07) is -0.394. The summed E-state index contributed by atoms with van der Waals surface area (Å²) in [5.74, 6) is -1.46. The molecule has 0 bridgehead atoms. The first-order chi connectivity index (χ1) is 7.77. The van der Waals surface area contributed by atoms with Crippen molar-refractivity contribution in [2.75, 3.05) is 6.61 Å². The number of carboxylic acid groups (broad SMARTS) is 1. The van der Waals surface area contributed by atoms with Gasteiger partial charge in [-0.1, -0.05) is 11.6 Å². The van der Waals surface area contributed by atoms with E-state index in [1.165, 1.54) is 6.07 Å². The molecular weight excluding hydrogens is 358 g/mol. The molecule has 0 fully saturated rings. The molecule has 0 saturated heterocycles. The second-order valence-electron chi connectivity index (χ2n) is 2.88. The molecule has 0 aliphatic carbocycles. The van der Waals surface area contributed by atoms with Gasteiger partial charge in [0.25, 0.3) is 10.0 Å². The first-order valence-electron chi connectivity index (χ1n) is 4.08. The van der Waals surface area contributed by atoms with Crippen LogP contribution in [0, 0.1) is 0 Å². The van der Waals surface area contributed by atoms with Crippen LogP contribution in [-0.2, 0) is 14.8 Å². The van der Waals surface area contributed by atoms with Crippen LogP contribution in [0.1, 0.15) is 0 Å². The number of hydrogen-bond donors (Lipinski definition) is 3. The molecule has 0 saturated carbocycles. The van der Waals surface area contributed by atoms with Gasteiger partial charge < -0.3 is 10.2 Å². The molecule has 10 heteroatoms. The van der Waals surface area contributed by atoms with Crippen LogP contribution in [0.4, 0.5) is 0 Å². The van der Waals surface area contributed by atoms with Gasteiger partial charge >= 0.3 is 5.97 Å². The van der Waals surface area contributed by atoms with Gasteiger partial charge in [0.1, 0.15) is 10.3 Å². The molecule has 96 valence electrons. The minimum atomic E-state index is -4.01. The molecule has 1 rings (SSSR count). The van der Waals surface area contributed by atoms with Crippen molar-refractivity contribution in [2.24, 2.45) is 0 Å². The molecule has 6 nitrogen and oxygen atoms in total. The van der Waals surface area contributed by atoms with Gasteiger partial charge in [0, 0.05) is 0 Å². The SMILES string of the molecule is O=C(O)[C@@H](CO)NS(=O)(=O)c1cc(Cl)c(Br)s1. The lowest BCUT2D eigenvalue weighted by Crippen LogP contribution is -2.42. The second kappa shape index (κ2) is 5.63. The van der Waals surface area contributed by atoms with Crippen molar-refractivity contribution >= 4 is 54.9 Å². The molecule has 0 unspecified atom stereocenters. The van der Waals surface area contributed by atoms with Gasteiger partial charge in [-0.2, -0.15) is 4.72 Å². The summed E-state index contributed by atoms with van der Waals surface area (Å²) in [7, 11) is -4.01. The Hall–Kier alpha value is -0.190. The highest BCUT2D eigenvalue weighted by atomic mass is 79.9. The molecule has 1 aromatic rings. The fourth-order valence-electron chi connectivity index (χ4n) is 0.870. The van der Waals surface area contributed by atoms with Crippen molar-refractivity contribution in [3.05, 3.63) is 14.9 Å². The van der Waals surface area contributed by atoms with E-state index >= 15 is 0 Å². The summed E-state index contributed by atoms with van der Waals surface area (Å²) >= 11 is 9.57. The summed E-state index contributed by atoms with van der Waals surface area (Å²) in [5, 5.41) is 17.6. The van der Waals surface area contributed by atoms with Crippen molar-refractivity contribution < 1.29 is 23.4 Å². The summed E-state index contributed by atoms with van der Waals surface area (Å²) in [6.07, 6.45) is 0. The summed E-state index contributed by atoms with van der Waals surface area (Å²) in [6.45, 7) is -0.838. The maximum atomic E-state index is 11.7. The van der Waals surface area contributed by atoms with Crippen LogP contribution in [0.5, 0.6) is 0 Å². The maximum absolute atomic E-state index is 11.7. The van der Waals surface area contributed by atoms with Crippen molar-refractivity contribution in [3.63, 3.8) is 0 Å². The van der Waals surface area contributed by atoms with Crippen molar-refractivity contribution in [2.45, 2.75) is 10.3 Å².